The summed E-state index contributed by atoms with van der Waals surface area (Å²) in [6.07, 6.45) is 3.78. The van der Waals surface area contributed by atoms with Crippen LogP contribution in [0.15, 0.2) is 17.8 Å². The smallest absolute Gasteiger partial charge is 0.0898 e. The maximum absolute atomic E-state index is 5.00. The lowest BCUT2D eigenvalue weighted by atomic mass is 10.4. The molecule has 0 saturated carbocycles. The molecule has 92 valence electrons. The van der Waals surface area contributed by atoms with Crippen LogP contribution in [0.1, 0.15) is 10.7 Å². The van der Waals surface area contributed by atoms with Crippen molar-refractivity contribution in [3.8, 4) is 0 Å². The minimum Gasteiger partial charge on any atom is -0.383 e. The fraction of sp³-hybridized carbons (Fsp3) is 0.455. The second-order valence-corrected chi connectivity index (χ2v) is 4.76. The van der Waals surface area contributed by atoms with Gasteiger partial charge in [0.15, 0.2) is 0 Å². The highest BCUT2D eigenvalue weighted by atomic mass is 32.1. The van der Waals surface area contributed by atoms with E-state index in [2.05, 4.69) is 20.8 Å². The van der Waals surface area contributed by atoms with E-state index in [0.29, 0.717) is 6.61 Å². The molecule has 1 N–H and O–H groups in total. The zero-order chi connectivity index (χ0) is 12.1. The van der Waals surface area contributed by atoms with E-state index >= 15 is 0 Å². The van der Waals surface area contributed by atoms with Gasteiger partial charge in [-0.1, -0.05) is 0 Å². The fourth-order valence-electron chi connectivity index (χ4n) is 1.44. The molecule has 0 unspecified atom stereocenters. The molecule has 5 nitrogen and oxygen atoms in total. The van der Waals surface area contributed by atoms with Crippen LogP contribution in [0, 0.1) is 6.92 Å². The lowest BCUT2D eigenvalue weighted by Crippen LogP contribution is -2.04. The van der Waals surface area contributed by atoms with Crippen LogP contribution in [0.4, 0.5) is 5.69 Å². The molecule has 6 heteroatoms. The summed E-state index contributed by atoms with van der Waals surface area (Å²) >= 11 is 1.67. The van der Waals surface area contributed by atoms with Crippen molar-refractivity contribution >= 4 is 17.0 Å². The number of rotatable bonds is 6. The highest BCUT2D eigenvalue weighted by Gasteiger charge is 2.00. The maximum Gasteiger partial charge on any atom is 0.0898 e. The third-order valence-electron chi connectivity index (χ3n) is 2.30. The van der Waals surface area contributed by atoms with Crippen molar-refractivity contribution in [3.63, 3.8) is 0 Å². The molecule has 2 aromatic heterocycles. The summed E-state index contributed by atoms with van der Waals surface area (Å²) in [6, 6.07) is 0. The Morgan fingerprint density at radius 2 is 2.41 bits per heavy atom. The standard InChI is InChI=1S/C11H16N4OS/c1-9-14-11(8-17-9)5-12-10-6-13-15(7-10)3-4-16-2/h6-8,12H,3-5H2,1-2H3. The summed E-state index contributed by atoms with van der Waals surface area (Å²) in [6.45, 7) is 4.19. The molecule has 0 bridgehead atoms. The number of nitrogens with zero attached hydrogens (tertiary/aromatic N) is 3. The van der Waals surface area contributed by atoms with Crippen molar-refractivity contribution in [1.29, 1.82) is 0 Å². The van der Waals surface area contributed by atoms with Crippen molar-refractivity contribution in [3.05, 3.63) is 28.5 Å². The lowest BCUT2D eigenvalue weighted by Gasteiger charge is -2.00. The van der Waals surface area contributed by atoms with Gasteiger partial charge in [0.2, 0.25) is 0 Å². The number of thiazole rings is 1. The highest BCUT2D eigenvalue weighted by Crippen LogP contribution is 2.11. The maximum atomic E-state index is 5.00. The van der Waals surface area contributed by atoms with E-state index in [4.69, 9.17) is 4.74 Å². The van der Waals surface area contributed by atoms with Crippen molar-refractivity contribution in [2.45, 2.75) is 20.0 Å². The van der Waals surface area contributed by atoms with Gasteiger partial charge in [-0.25, -0.2) is 4.98 Å². The second-order valence-electron chi connectivity index (χ2n) is 3.70. The van der Waals surface area contributed by atoms with Gasteiger partial charge in [-0.05, 0) is 6.92 Å². The Balaban J connectivity index is 1.84. The second kappa shape index (κ2) is 5.79. The number of aromatic nitrogens is 3. The topological polar surface area (TPSA) is 52.0 Å². The zero-order valence-electron chi connectivity index (χ0n) is 10.0. The minimum atomic E-state index is 0.673. The van der Waals surface area contributed by atoms with Gasteiger partial charge in [0.25, 0.3) is 0 Å². The van der Waals surface area contributed by atoms with E-state index in [0.717, 1.165) is 29.5 Å². The number of hydrogen-bond acceptors (Lipinski definition) is 5. The van der Waals surface area contributed by atoms with Crippen molar-refractivity contribution < 1.29 is 4.74 Å². The third-order valence-corrected chi connectivity index (χ3v) is 3.12. The Bertz CT molecular complexity index is 465. The average molecular weight is 252 g/mol. The molecular weight excluding hydrogens is 236 g/mol. The van der Waals surface area contributed by atoms with Crippen molar-refractivity contribution in [2.75, 3.05) is 19.0 Å². The molecule has 0 atom stereocenters. The summed E-state index contributed by atoms with van der Waals surface area (Å²) < 4.78 is 6.86. The van der Waals surface area contributed by atoms with E-state index in [1.807, 2.05) is 24.0 Å². The van der Waals surface area contributed by atoms with Crippen LogP contribution in [0.2, 0.25) is 0 Å². The van der Waals surface area contributed by atoms with Gasteiger partial charge in [-0.3, -0.25) is 4.68 Å². The van der Waals surface area contributed by atoms with Crippen LogP contribution >= 0.6 is 11.3 Å². The first kappa shape index (κ1) is 12.1. The largest absolute Gasteiger partial charge is 0.383 e. The quantitative estimate of drug-likeness (QED) is 0.853. The predicted molar refractivity (Wildman–Crippen MR) is 68.3 cm³/mol. The van der Waals surface area contributed by atoms with E-state index < -0.39 is 0 Å². The number of methoxy groups -OCH3 is 1. The van der Waals surface area contributed by atoms with Crippen LogP contribution in [0.5, 0.6) is 0 Å². The Labute approximate surface area is 104 Å². The molecule has 0 fully saturated rings. The van der Waals surface area contributed by atoms with Gasteiger partial charge in [0.1, 0.15) is 0 Å². The van der Waals surface area contributed by atoms with Gasteiger partial charge >= 0.3 is 0 Å². The lowest BCUT2D eigenvalue weighted by molar-refractivity contribution is 0.183. The molecular formula is C11H16N4OS. The number of ether oxygens (including phenoxy) is 1. The molecule has 0 aliphatic heterocycles. The molecule has 0 saturated heterocycles. The molecule has 0 aromatic carbocycles. The van der Waals surface area contributed by atoms with Crippen LogP contribution < -0.4 is 5.32 Å². The molecule has 0 amide bonds. The number of aryl methyl sites for hydroxylation is 1. The Morgan fingerprint density at radius 3 is 3.12 bits per heavy atom. The van der Waals surface area contributed by atoms with Crippen LogP contribution in [0.3, 0.4) is 0 Å². The fourth-order valence-corrected chi connectivity index (χ4v) is 2.06. The highest BCUT2D eigenvalue weighted by molar-refractivity contribution is 7.09. The van der Waals surface area contributed by atoms with Crippen LogP contribution in [-0.2, 0) is 17.8 Å². The Hall–Kier alpha value is -1.40. The summed E-state index contributed by atoms with van der Waals surface area (Å²) in [5.41, 5.74) is 2.07. The molecule has 17 heavy (non-hydrogen) atoms. The van der Waals surface area contributed by atoms with Crippen molar-refractivity contribution in [2.24, 2.45) is 0 Å². The first-order valence-corrected chi connectivity index (χ1v) is 6.32. The summed E-state index contributed by atoms with van der Waals surface area (Å²) in [5, 5.41) is 10.7. The zero-order valence-corrected chi connectivity index (χ0v) is 10.8. The molecule has 0 aliphatic carbocycles. The first-order valence-electron chi connectivity index (χ1n) is 5.44. The first-order chi connectivity index (χ1) is 8.28. The Morgan fingerprint density at radius 1 is 1.53 bits per heavy atom. The molecule has 2 rings (SSSR count). The average Bonchev–Trinajstić information content (AvgIpc) is 2.93. The SMILES string of the molecule is COCCn1cc(NCc2csc(C)n2)cn1. The summed E-state index contributed by atoms with van der Waals surface area (Å²) in [4.78, 5) is 4.39. The number of nitrogens with one attached hydrogen (secondary N) is 1. The van der Waals surface area contributed by atoms with E-state index in [1.165, 1.54) is 0 Å². The van der Waals surface area contributed by atoms with Gasteiger partial charge < -0.3 is 10.1 Å². The molecule has 2 aromatic rings. The van der Waals surface area contributed by atoms with Crippen LogP contribution in [-0.4, -0.2) is 28.5 Å². The van der Waals surface area contributed by atoms with Crippen molar-refractivity contribution in [1.82, 2.24) is 14.8 Å². The van der Waals surface area contributed by atoms with E-state index in [1.54, 1.807) is 18.4 Å². The van der Waals surface area contributed by atoms with E-state index in [9.17, 15) is 0 Å². The molecule has 0 spiro atoms. The van der Waals surface area contributed by atoms with Gasteiger partial charge in [-0.15, -0.1) is 11.3 Å². The molecule has 0 radical (unpaired) electrons. The van der Waals surface area contributed by atoms with Gasteiger partial charge in [0.05, 0.1) is 42.3 Å². The van der Waals surface area contributed by atoms with Gasteiger partial charge in [-0.2, -0.15) is 5.10 Å². The minimum absolute atomic E-state index is 0.673. The summed E-state index contributed by atoms with van der Waals surface area (Å²) in [7, 11) is 1.69. The van der Waals surface area contributed by atoms with E-state index in [-0.39, 0.29) is 0 Å². The monoisotopic (exact) mass is 252 g/mol. The third kappa shape index (κ3) is 3.54. The normalized spacial score (nSPS) is 10.7. The van der Waals surface area contributed by atoms with Crippen LogP contribution in [0.25, 0.3) is 0 Å². The molecule has 2 heterocycles. The molecule has 0 aliphatic rings. The number of anilines is 1. The summed E-state index contributed by atoms with van der Waals surface area (Å²) in [5.74, 6) is 0. The predicted octanol–water partition coefficient (Wildman–Crippen LogP) is 1.91. The van der Waals surface area contributed by atoms with Gasteiger partial charge in [0, 0.05) is 18.7 Å². The number of hydrogen-bond donors (Lipinski definition) is 1. The Kier molecular flexibility index (Phi) is 4.11.